The Morgan fingerprint density at radius 2 is 2.41 bits per heavy atom. The van der Waals surface area contributed by atoms with E-state index in [0.29, 0.717) is 15.8 Å². The van der Waals surface area contributed by atoms with Crippen LogP contribution in [-0.2, 0) is 11.8 Å². The topological polar surface area (TPSA) is 38.1 Å². The molecule has 0 N–H and O–H groups in total. The third-order valence-electron chi connectivity index (χ3n) is 2.21. The van der Waals surface area contributed by atoms with Gasteiger partial charge in [-0.15, -0.1) is 6.58 Å². The Balaban J connectivity index is 2.24. The molecule has 1 saturated heterocycles. The van der Waals surface area contributed by atoms with E-state index in [-0.39, 0.29) is 5.91 Å². The molecule has 1 aromatic heterocycles. The van der Waals surface area contributed by atoms with Crippen LogP contribution in [0.15, 0.2) is 30.0 Å². The first kappa shape index (κ1) is 12.1. The molecular weight excluding hydrogens is 254 g/mol. The van der Waals surface area contributed by atoms with Crippen molar-refractivity contribution in [1.82, 2.24) is 14.7 Å². The molecule has 6 heteroatoms. The van der Waals surface area contributed by atoms with E-state index in [1.807, 2.05) is 13.2 Å². The summed E-state index contributed by atoms with van der Waals surface area (Å²) in [7, 11) is 1.83. The highest BCUT2D eigenvalue weighted by atomic mass is 32.2. The fourth-order valence-corrected chi connectivity index (χ4v) is 2.73. The number of hydrogen-bond donors (Lipinski definition) is 0. The standard InChI is InChI=1S/C11H11N3OS2/c1-3-4-14-10(15)9(17-11(14)16)5-8-6-12-13(2)7-8/h3,5-7H,1,4H2,2H3/b9-5-. The molecule has 2 heterocycles. The highest BCUT2D eigenvalue weighted by molar-refractivity contribution is 8.26. The molecule has 0 radical (unpaired) electrons. The van der Waals surface area contributed by atoms with Gasteiger partial charge in [0, 0.05) is 25.4 Å². The van der Waals surface area contributed by atoms with Crippen LogP contribution in [-0.4, -0.2) is 31.5 Å². The summed E-state index contributed by atoms with van der Waals surface area (Å²) < 4.78 is 2.26. The molecule has 0 aliphatic carbocycles. The maximum absolute atomic E-state index is 12.0. The predicted molar refractivity (Wildman–Crippen MR) is 73.3 cm³/mol. The van der Waals surface area contributed by atoms with E-state index < -0.39 is 0 Å². The summed E-state index contributed by atoms with van der Waals surface area (Å²) in [5.74, 6) is -0.0660. The molecule has 1 aliphatic rings. The average Bonchev–Trinajstić information content (AvgIpc) is 2.79. The minimum atomic E-state index is -0.0660. The van der Waals surface area contributed by atoms with Crippen LogP contribution in [0.5, 0.6) is 0 Å². The molecule has 0 bridgehead atoms. The van der Waals surface area contributed by atoms with Crippen LogP contribution >= 0.6 is 24.0 Å². The molecule has 1 amide bonds. The van der Waals surface area contributed by atoms with Crippen LogP contribution in [0.2, 0.25) is 0 Å². The molecule has 0 spiro atoms. The normalized spacial score (nSPS) is 18.2. The molecule has 0 unspecified atom stereocenters. The molecule has 0 atom stereocenters. The summed E-state index contributed by atoms with van der Waals surface area (Å²) >= 11 is 6.45. The number of rotatable bonds is 3. The molecule has 4 nitrogen and oxygen atoms in total. The number of amides is 1. The van der Waals surface area contributed by atoms with Crippen LogP contribution in [0.4, 0.5) is 0 Å². The molecule has 0 aromatic carbocycles. The summed E-state index contributed by atoms with van der Waals surface area (Å²) in [6, 6.07) is 0. The van der Waals surface area contributed by atoms with Crippen molar-refractivity contribution >= 4 is 40.3 Å². The van der Waals surface area contributed by atoms with Crippen molar-refractivity contribution in [3.8, 4) is 0 Å². The second kappa shape index (κ2) is 4.85. The van der Waals surface area contributed by atoms with Crippen LogP contribution in [0.3, 0.4) is 0 Å². The SMILES string of the molecule is C=CCN1C(=O)/C(=C/c2cnn(C)c2)SC1=S. The predicted octanol–water partition coefficient (Wildman–Crippen LogP) is 1.81. The van der Waals surface area contributed by atoms with Gasteiger partial charge in [0.15, 0.2) is 0 Å². The smallest absolute Gasteiger partial charge is 0.266 e. The van der Waals surface area contributed by atoms with Crippen molar-refractivity contribution in [2.45, 2.75) is 0 Å². The lowest BCUT2D eigenvalue weighted by molar-refractivity contribution is -0.121. The number of hydrogen-bond acceptors (Lipinski definition) is 4. The molecule has 2 rings (SSSR count). The van der Waals surface area contributed by atoms with Gasteiger partial charge in [-0.3, -0.25) is 14.4 Å². The first-order valence-electron chi connectivity index (χ1n) is 4.96. The van der Waals surface area contributed by atoms with Crippen LogP contribution in [0.25, 0.3) is 6.08 Å². The minimum absolute atomic E-state index is 0.0660. The van der Waals surface area contributed by atoms with Gasteiger partial charge in [-0.1, -0.05) is 30.1 Å². The molecule has 0 saturated carbocycles. The third kappa shape index (κ3) is 2.48. The van der Waals surface area contributed by atoms with Gasteiger partial charge in [-0.05, 0) is 6.08 Å². The molecule has 1 aliphatic heterocycles. The molecular formula is C11H11N3OS2. The Hall–Kier alpha value is -1.40. The zero-order chi connectivity index (χ0) is 12.4. The Morgan fingerprint density at radius 1 is 1.65 bits per heavy atom. The summed E-state index contributed by atoms with van der Waals surface area (Å²) in [6.07, 6.45) is 7.02. The second-order valence-electron chi connectivity index (χ2n) is 3.53. The Kier molecular flexibility index (Phi) is 3.44. The van der Waals surface area contributed by atoms with Gasteiger partial charge in [0.2, 0.25) is 0 Å². The van der Waals surface area contributed by atoms with Gasteiger partial charge >= 0.3 is 0 Å². The quantitative estimate of drug-likeness (QED) is 0.474. The summed E-state index contributed by atoms with van der Waals surface area (Å²) in [5, 5.41) is 4.05. The number of carbonyl (C=O) groups is 1. The van der Waals surface area contributed by atoms with Crippen LogP contribution < -0.4 is 0 Å². The number of carbonyl (C=O) groups excluding carboxylic acids is 1. The minimum Gasteiger partial charge on any atom is -0.289 e. The lowest BCUT2D eigenvalue weighted by Gasteiger charge is -2.10. The average molecular weight is 265 g/mol. The molecule has 17 heavy (non-hydrogen) atoms. The zero-order valence-corrected chi connectivity index (χ0v) is 10.9. The van der Waals surface area contributed by atoms with Crippen molar-refractivity contribution in [3.63, 3.8) is 0 Å². The van der Waals surface area contributed by atoms with E-state index in [1.165, 1.54) is 16.7 Å². The Labute approximate surface area is 109 Å². The maximum Gasteiger partial charge on any atom is 0.266 e. The number of nitrogens with zero attached hydrogens (tertiary/aromatic N) is 3. The van der Waals surface area contributed by atoms with E-state index in [0.717, 1.165) is 5.56 Å². The van der Waals surface area contributed by atoms with Gasteiger partial charge < -0.3 is 0 Å². The first-order valence-corrected chi connectivity index (χ1v) is 6.19. The van der Waals surface area contributed by atoms with Crippen molar-refractivity contribution < 1.29 is 4.79 Å². The van der Waals surface area contributed by atoms with E-state index in [2.05, 4.69) is 11.7 Å². The zero-order valence-electron chi connectivity index (χ0n) is 9.29. The second-order valence-corrected chi connectivity index (χ2v) is 5.20. The number of aryl methyl sites for hydroxylation is 1. The number of aromatic nitrogens is 2. The van der Waals surface area contributed by atoms with Crippen LogP contribution in [0, 0.1) is 0 Å². The molecule has 1 aromatic rings. The maximum atomic E-state index is 12.0. The van der Waals surface area contributed by atoms with E-state index in [4.69, 9.17) is 12.2 Å². The van der Waals surface area contributed by atoms with Gasteiger partial charge in [0.25, 0.3) is 5.91 Å². The number of thioether (sulfide) groups is 1. The molecule has 1 fully saturated rings. The van der Waals surface area contributed by atoms with Crippen molar-refractivity contribution in [2.24, 2.45) is 7.05 Å². The number of thiocarbonyl (C=S) groups is 1. The van der Waals surface area contributed by atoms with Crippen molar-refractivity contribution in [1.29, 1.82) is 0 Å². The van der Waals surface area contributed by atoms with Gasteiger partial charge in [-0.2, -0.15) is 5.10 Å². The lowest BCUT2D eigenvalue weighted by Crippen LogP contribution is -2.27. The van der Waals surface area contributed by atoms with Gasteiger partial charge in [0.1, 0.15) is 4.32 Å². The molecule has 88 valence electrons. The largest absolute Gasteiger partial charge is 0.289 e. The Bertz CT molecular complexity index is 519. The van der Waals surface area contributed by atoms with Crippen LogP contribution in [0.1, 0.15) is 5.56 Å². The fraction of sp³-hybridized carbons (Fsp3) is 0.182. The summed E-state index contributed by atoms with van der Waals surface area (Å²) in [6.45, 7) is 4.06. The van der Waals surface area contributed by atoms with E-state index >= 15 is 0 Å². The summed E-state index contributed by atoms with van der Waals surface area (Å²) in [5.41, 5.74) is 0.895. The summed E-state index contributed by atoms with van der Waals surface area (Å²) in [4.78, 5) is 14.2. The van der Waals surface area contributed by atoms with E-state index in [9.17, 15) is 4.79 Å². The fourth-order valence-electron chi connectivity index (χ4n) is 1.45. The monoisotopic (exact) mass is 265 g/mol. The lowest BCUT2D eigenvalue weighted by atomic mass is 10.3. The van der Waals surface area contributed by atoms with Crippen molar-refractivity contribution in [3.05, 3.63) is 35.5 Å². The highest BCUT2D eigenvalue weighted by Crippen LogP contribution is 2.32. The van der Waals surface area contributed by atoms with E-state index in [1.54, 1.807) is 23.0 Å². The van der Waals surface area contributed by atoms with Gasteiger partial charge in [-0.25, -0.2) is 0 Å². The van der Waals surface area contributed by atoms with Crippen molar-refractivity contribution in [2.75, 3.05) is 6.54 Å². The Morgan fingerprint density at radius 3 is 3.00 bits per heavy atom. The first-order chi connectivity index (χ1) is 8.11. The van der Waals surface area contributed by atoms with Gasteiger partial charge in [0.05, 0.1) is 11.1 Å². The highest BCUT2D eigenvalue weighted by Gasteiger charge is 2.30. The third-order valence-corrected chi connectivity index (χ3v) is 3.59.